The Bertz CT molecular complexity index is 334. The highest BCUT2D eigenvalue weighted by Crippen LogP contribution is 2.06. The molecule has 5 nitrogen and oxygen atoms in total. The Labute approximate surface area is 110 Å². The maximum Gasteiger partial charge on any atom is 0.146 e. The third kappa shape index (κ3) is 5.42. The first kappa shape index (κ1) is 14.9. The first-order valence-electron chi connectivity index (χ1n) is 6.39. The van der Waals surface area contributed by atoms with Gasteiger partial charge in [-0.05, 0) is 14.1 Å². The molecule has 0 radical (unpaired) electrons. The second-order valence-corrected chi connectivity index (χ2v) is 5.13. The van der Waals surface area contributed by atoms with Crippen LogP contribution in [-0.4, -0.2) is 55.1 Å². The highest BCUT2D eigenvalue weighted by atomic mass is 15.2. The van der Waals surface area contributed by atoms with Gasteiger partial charge < -0.3 is 15.1 Å². The fraction of sp³-hybridized carbons (Fsp3) is 0.692. The zero-order valence-corrected chi connectivity index (χ0v) is 12.1. The highest BCUT2D eigenvalue weighted by Gasteiger charge is 2.04. The molecular formula is C13H25N5. The summed E-state index contributed by atoms with van der Waals surface area (Å²) in [5, 5.41) is 3.33. The van der Waals surface area contributed by atoms with Crippen LogP contribution in [0.15, 0.2) is 12.4 Å². The number of hydrogen-bond acceptors (Lipinski definition) is 5. The summed E-state index contributed by atoms with van der Waals surface area (Å²) in [5.74, 6) is 0.921. The van der Waals surface area contributed by atoms with E-state index in [4.69, 9.17) is 0 Å². The predicted octanol–water partition coefficient (Wildman–Crippen LogP) is 0.972. The lowest BCUT2D eigenvalue weighted by atomic mass is 10.3. The lowest BCUT2D eigenvalue weighted by Gasteiger charge is -2.20. The molecule has 18 heavy (non-hydrogen) atoms. The van der Waals surface area contributed by atoms with E-state index in [1.807, 2.05) is 19.4 Å². The molecule has 0 atom stereocenters. The Kier molecular flexibility index (Phi) is 6.01. The first-order chi connectivity index (χ1) is 8.49. The summed E-state index contributed by atoms with van der Waals surface area (Å²) in [5.41, 5.74) is 0.980. The second-order valence-electron chi connectivity index (χ2n) is 5.13. The van der Waals surface area contributed by atoms with E-state index in [0.29, 0.717) is 6.04 Å². The molecule has 1 aromatic rings. The number of nitrogens with zero attached hydrogens (tertiary/aromatic N) is 4. The zero-order valence-electron chi connectivity index (χ0n) is 12.1. The third-order valence-corrected chi connectivity index (χ3v) is 2.66. The van der Waals surface area contributed by atoms with Gasteiger partial charge in [0.15, 0.2) is 0 Å². The van der Waals surface area contributed by atoms with Crippen molar-refractivity contribution in [2.24, 2.45) is 0 Å². The number of nitrogens with one attached hydrogen (secondary N) is 1. The summed E-state index contributed by atoms with van der Waals surface area (Å²) in [6.45, 7) is 6.97. The number of hydrogen-bond donors (Lipinski definition) is 1. The number of likely N-dealkylation sites (N-methyl/N-ethyl adjacent to an activating group) is 2. The average Bonchev–Trinajstić information content (AvgIpc) is 2.34. The maximum absolute atomic E-state index is 4.44. The standard InChI is InChI=1S/C13H25N5/c1-11(2)14-8-12-9-16-13(10-15-12)18(5)7-6-17(3)4/h9-11,14H,6-8H2,1-5H3. The molecule has 0 aliphatic rings. The molecule has 0 aliphatic heterocycles. The Hall–Kier alpha value is -1.20. The lowest BCUT2D eigenvalue weighted by molar-refractivity contribution is 0.416. The van der Waals surface area contributed by atoms with Gasteiger partial charge in [-0.1, -0.05) is 13.8 Å². The average molecular weight is 251 g/mol. The molecule has 0 aliphatic carbocycles. The first-order valence-corrected chi connectivity index (χ1v) is 6.39. The van der Waals surface area contributed by atoms with Gasteiger partial charge in [-0.25, -0.2) is 4.98 Å². The van der Waals surface area contributed by atoms with Gasteiger partial charge in [-0.15, -0.1) is 0 Å². The van der Waals surface area contributed by atoms with Crippen LogP contribution in [0, 0.1) is 0 Å². The van der Waals surface area contributed by atoms with Crippen LogP contribution in [0.2, 0.25) is 0 Å². The topological polar surface area (TPSA) is 44.3 Å². The SMILES string of the molecule is CC(C)NCc1cnc(N(C)CCN(C)C)cn1. The van der Waals surface area contributed by atoms with Gasteiger partial charge in [0.2, 0.25) is 0 Å². The Balaban J connectivity index is 2.48. The van der Waals surface area contributed by atoms with Crippen molar-refractivity contribution >= 4 is 5.82 Å². The Morgan fingerprint density at radius 2 is 1.83 bits per heavy atom. The van der Waals surface area contributed by atoms with Gasteiger partial charge in [-0.2, -0.15) is 0 Å². The molecule has 0 aromatic carbocycles. The van der Waals surface area contributed by atoms with Crippen LogP contribution in [0.25, 0.3) is 0 Å². The highest BCUT2D eigenvalue weighted by molar-refractivity contribution is 5.34. The van der Waals surface area contributed by atoms with Gasteiger partial charge >= 0.3 is 0 Å². The van der Waals surface area contributed by atoms with Crippen molar-refractivity contribution in [1.29, 1.82) is 0 Å². The molecule has 5 heteroatoms. The molecule has 0 bridgehead atoms. The second kappa shape index (κ2) is 7.28. The van der Waals surface area contributed by atoms with Gasteiger partial charge in [0.1, 0.15) is 5.82 Å². The minimum atomic E-state index is 0.467. The van der Waals surface area contributed by atoms with E-state index in [1.165, 1.54) is 0 Å². The molecule has 1 heterocycles. The van der Waals surface area contributed by atoms with Gasteiger partial charge in [-0.3, -0.25) is 4.98 Å². The van der Waals surface area contributed by atoms with Crippen molar-refractivity contribution in [2.45, 2.75) is 26.4 Å². The molecule has 1 N–H and O–H groups in total. The molecule has 1 rings (SSSR count). The van der Waals surface area contributed by atoms with Crippen LogP contribution in [-0.2, 0) is 6.54 Å². The van der Waals surface area contributed by atoms with Crippen LogP contribution in [0.5, 0.6) is 0 Å². The van der Waals surface area contributed by atoms with Crippen molar-refractivity contribution in [3.05, 3.63) is 18.1 Å². The smallest absolute Gasteiger partial charge is 0.146 e. The predicted molar refractivity (Wildman–Crippen MR) is 75.8 cm³/mol. The maximum atomic E-state index is 4.44. The normalized spacial score (nSPS) is 11.3. The molecular weight excluding hydrogens is 226 g/mol. The summed E-state index contributed by atoms with van der Waals surface area (Å²) in [6.07, 6.45) is 3.68. The van der Waals surface area contributed by atoms with E-state index >= 15 is 0 Å². The van der Waals surface area contributed by atoms with Gasteiger partial charge in [0.05, 0.1) is 18.1 Å². The molecule has 0 saturated carbocycles. The van der Waals surface area contributed by atoms with E-state index in [-0.39, 0.29) is 0 Å². The van der Waals surface area contributed by atoms with Gasteiger partial charge in [0.25, 0.3) is 0 Å². The molecule has 0 fully saturated rings. The molecule has 0 spiro atoms. The van der Waals surface area contributed by atoms with Crippen molar-refractivity contribution in [3.63, 3.8) is 0 Å². The molecule has 0 unspecified atom stereocenters. The third-order valence-electron chi connectivity index (χ3n) is 2.66. The van der Waals surface area contributed by atoms with Crippen LogP contribution in [0.1, 0.15) is 19.5 Å². The van der Waals surface area contributed by atoms with Crippen LogP contribution < -0.4 is 10.2 Å². The largest absolute Gasteiger partial charge is 0.357 e. The van der Waals surface area contributed by atoms with Crippen LogP contribution in [0.3, 0.4) is 0 Å². The summed E-state index contributed by atoms with van der Waals surface area (Å²) in [6, 6.07) is 0.467. The molecule has 0 amide bonds. The number of anilines is 1. The summed E-state index contributed by atoms with van der Waals surface area (Å²) in [7, 11) is 6.18. The van der Waals surface area contributed by atoms with E-state index < -0.39 is 0 Å². The fourth-order valence-corrected chi connectivity index (χ4v) is 1.41. The Morgan fingerprint density at radius 1 is 1.11 bits per heavy atom. The van der Waals surface area contributed by atoms with Crippen molar-refractivity contribution in [3.8, 4) is 0 Å². The molecule has 1 aromatic heterocycles. The summed E-state index contributed by atoms with van der Waals surface area (Å²) >= 11 is 0. The van der Waals surface area contributed by atoms with E-state index in [1.54, 1.807) is 0 Å². The van der Waals surface area contributed by atoms with E-state index in [0.717, 1.165) is 31.1 Å². The van der Waals surface area contributed by atoms with Crippen molar-refractivity contribution in [1.82, 2.24) is 20.2 Å². The minimum absolute atomic E-state index is 0.467. The van der Waals surface area contributed by atoms with E-state index in [9.17, 15) is 0 Å². The van der Waals surface area contributed by atoms with Crippen molar-refractivity contribution < 1.29 is 0 Å². The van der Waals surface area contributed by atoms with Gasteiger partial charge in [0, 0.05) is 32.7 Å². The molecule has 102 valence electrons. The molecule has 0 saturated heterocycles. The summed E-state index contributed by atoms with van der Waals surface area (Å²) < 4.78 is 0. The quantitative estimate of drug-likeness (QED) is 0.782. The monoisotopic (exact) mass is 251 g/mol. The summed E-state index contributed by atoms with van der Waals surface area (Å²) in [4.78, 5) is 13.1. The van der Waals surface area contributed by atoms with Crippen LogP contribution >= 0.6 is 0 Å². The number of aromatic nitrogens is 2. The van der Waals surface area contributed by atoms with Crippen molar-refractivity contribution in [2.75, 3.05) is 39.1 Å². The minimum Gasteiger partial charge on any atom is -0.357 e. The Morgan fingerprint density at radius 3 is 2.33 bits per heavy atom. The zero-order chi connectivity index (χ0) is 13.5. The fourth-order valence-electron chi connectivity index (χ4n) is 1.41. The van der Waals surface area contributed by atoms with E-state index in [2.05, 4.69) is 53.0 Å². The lowest BCUT2D eigenvalue weighted by Crippen LogP contribution is -2.29. The van der Waals surface area contributed by atoms with Crippen LogP contribution in [0.4, 0.5) is 5.82 Å². The number of rotatable bonds is 7.